The van der Waals surface area contributed by atoms with E-state index in [1.807, 2.05) is 0 Å². The van der Waals surface area contributed by atoms with Crippen LogP contribution in [0.4, 0.5) is 5.69 Å². The van der Waals surface area contributed by atoms with Gasteiger partial charge in [0.15, 0.2) is 6.29 Å². The summed E-state index contributed by atoms with van der Waals surface area (Å²) in [6.45, 7) is 1.69. The fraction of sp³-hybridized carbons (Fsp3) is 0.143. The van der Waals surface area contributed by atoms with Crippen molar-refractivity contribution in [1.29, 1.82) is 0 Å². The van der Waals surface area contributed by atoms with Gasteiger partial charge in [0, 0.05) is 16.8 Å². The number of benzene rings is 1. The van der Waals surface area contributed by atoms with Gasteiger partial charge < -0.3 is 4.74 Å². The third kappa shape index (κ3) is 3.55. The number of hydrogen-bond donors (Lipinski definition) is 0. The van der Waals surface area contributed by atoms with E-state index in [1.54, 1.807) is 25.1 Å². The average Bonchev–Trinajstić information content (AvgIpc) is 2.46. The zero-order valence-electron chi connectivity index (χ0n) is 11.1. The topological polar surface area (TPSA) is 82.3 Å². The molecule has 0 saturated heterocycles. The SMILES string of the molecule is Cc1ccc(OCc2ccc(Cl)cc2[N+](=O)[O-])c(C=O)n1. The van der Waals surface area contributed by atoms with Gasteiger partial charge >= 0.3 is 0 Å². The predicted octanol–water partition coefficient (Wildman–Crippen LogP) is 3.34. The number of nitrogens with zero attached hydrogens (tertiary/aromatic N) is 2. The maximum atomic E-state index is 11.0. The van der Waals surface area contributed by atoms with Crippen molar-refractivity contribution in [3.8, 4) is 5.75 Å². The van der Waals surface area contributed by atoms with Crippen LogP contribution < -0.4 is 4.74 Å². The van der Waals surface area contributed by atoms with Crippen molar-refractivity contribution in [1.82, 2.24) is 4.98 Å². The van der Waals surface area contributed by atoms with Gasteiger partial charge in [-0.05, 0) is 31.2 Å². The molecule has 1 heterocycles. The van der Waals surface area contributed by atoms with Gasteiger partial charge in [-0.25, -0.2) is 4.98 Å². The molecule has 2 rings (SSSR count). The Balaban J connectivity index is 2.24. The molecule has 0 aliphatic carbocycles. The number of aromatic nitrogens is 1. The smallest absolute Gasteiger partial charge is 0.277 e. The first-order chi connectivity index (χ1) is 10.0. The van der Waals surface area contributed by atoms with Gasteiger partial charge in [-0.1, -0.05) is 11.6 Å². The molecule has 0 spiro atoms. The molecule has 0 saturated carbocycles. The van der Waals surface area contributed by atoms with Crippen LogP contribution in [-0.4, -0.2) is 16.2 Å². The van der Waals surface area contributed by atoms with Crippen molar-refractivity contribution in [2.75, 3.05) is 0 Å². The van der Waals surface area contributed by atoms with Crippen LogP contribution in [0.2, 0.25) is 5.02 Å². The van der Waals surface area contributed by atoms with Crippen molar-refractivity contribution >= 4 is 23.6 Å². The Morgan fingerprint density at radius 3 is 2.81 bits per heavy atom. The van der Waals surface area contributed by atoms with E-state index in [0.29, 0.717) is 17.5 Å². The minimum Gasteiger partial charge on any atom is -0.486 e. The third-order valence-corrected chi connectivity index (χ3v) is 3.00. The van der Waals surface area contributed by atoms with Gasteiger partial charge in [-0.3, -0.25) is 14.9 Å². The molecule has 21 heavy (non-hydrogen) atoms. The molecule has 0 radical (unpaired) electrons. The lowest BCUT2D eigenvalue weighted by Gasteiger charge is -2.09. The maximum absolute atomic E-state index is 11.0. The zero-order valence-corrected chi connectivity index (χ0v) is 11.8. The van der Waals surface area contributed by atoms with E-state index >= 15 is 0 Å². The summed E-state index contributed by atoms with van der Waals surface area (Å²) in [7, 11) is 0. The van der Waals surface area contributed by atoms with Gasteiger partial charge in [0.1, 0.15) is 18.1 Å². The van der Waals surface area contributed by atoms with Gasteiger partial charge in [-0.15, -0.1) is 0 Å². The first-order valence-corrected chi connectivity index (χ1v) is 6.37. The number of aryl methyl sites for hydroxylation is 1. The van der Waals surface area contributed by atoms with Crippen LogP contribution in [0.15, 0.2) is 30.3 Å². The molecule has 108 valence electrons. The molecule has 0 aliphatic heterocycles. The lowest BCUT2D eigenvalue weighted by atomic mass is 10.2. The maximum Gasteiger partial charge on any atom is 0.277 e. The Labute approximate surface area is 125 Å². The number of aldehydes is 1. The monoisotopic (exact) mass is 306 g/mol. The molecule has 0 bridgehead atoms. The molecule has 0 N–H and O–H groups in total. The van der Waals surface area contributed by atoms with Crippen molar-refractivity contribution in [3.05, 3.63) is 62.4 Å². The van der Waals surface area contributed by atoms with E-state index in [4.69, 9.17) is 16.3 Å². The Bertz CT molecular complexity index is 703. The molecule has 2 aromatic rings. The Kier molecular flexibility index (Phi) is 4.49. The molecule has 0 atom stereocenters. The first kappa shape index (κ1) is 14.9. The lowest BCUT2D eigenvalue weighted by molar-refractivity contribution is -0.385. The number of carbonyl (C=O) groups is 1. The molecule has 0 aliphatic rings. The highest BCUT2D eigenvalue weighted by atomic mass is 35.5. The Morgan fingerprint density at radius 1 is 1.38 bits per heavy atom. The van der Waals surface area contributed by atoms with E-state index in [9.17, 15) is 14.9 Å². The summed E-state index contributed by atoms with van der Waals surface area (Å²) in [5.41, 5.74) is 1.07. The standard InChI is InChI=1S/C14H11ClN2O4/c1-9-2-5-14(12(7-18)16-9)21-8-10-3-4-11(15)6-13(10)17(19)20/h2-7H,8H2,1H3. The normalized spacial score (nSPS) is 10.2. The number of nitro groups is 1. The number of rotatable bonds is 5. The second kappa shape index (κ2) is 6.32. The molecular formula is C14H11ClN2O4. The average molecular weight is 307 g/mol. The van der Waals surface area contributed by atoms with Gasteiger partial charge in [0.25, 0.3) is 5.69 Å². The predicted molar refractivity (Wildman–Crippen MR) is 76.8 cm³/mol. The quantitative estimate of drug-likeness (QED) is 0.480. The number of nitro benzene ring substituents is 1. The van der Waals surface area contributed by atoms with Crippen LogP contribution in [0.5, 0.6) is 5.75 Å². The van der Waals surface area contributed by atoms with E-state index in [-0.39, 0.29) is 28.8 Å². The minimum atomic E-state index is -0.529. The first-order valence-electron chi connectivity index (χ1n) is 5.99. The Morgan fingerprint density at radius 2 is 2.14 bits per heavy atom. The van der Waals surface area contributed by atoms with E-state index in [0.717, 1.165) is 0 Å². The summed E-state index contributed by atoms with van der Waals surface area (Å²) in [4.78, 5) is 25.4. The van der Waals surface area contributed by atoms with Gasteiger partial charge in [-0.2, -0.15) is 0 Å². The number of ether oxygens (including phenoxy) is 1. The number of halogens is 1. The van der Waals surface area contributed by atoms with Gasteiger partial charge in [0.05, 0.1) is 10.5 Å². The van der Waals surface area contributed by atoms with Crippen molar-refractivity contribution in [2.24, 2.45) is 0 Å². The fourth-order valence-electron chi connectivity index (χ4n) is 1.76. The second-order valence-electron chi connectivity index (χ2n) is 4.27. The van der Waals surface area contributed by atoms with Crippen molar-refractivity contribution in [3.63, 3.8) is 0 Å². The minimum absolute atomic E-state index is 0.0565. The number of pyridine rings is 1. The van der Waals surface area contributed by atoms with Crippen molar-refractivity contribution in [2.45, 2.75) is 13.5 Å². The van der Waals surface area contributed by atoms with E-state index < -0.39 is 4.92 Å². The molecule has 7 heteroatoms. The van der Waals surface area contributed by atoms with Crippen molar-refractivity contribution < 1.29 is 14.5 Å². The molecule has 0 unspecified atom stereocenters. The zero-order chi connectivity index (χ0) is 15.4. The molecule has 1 aromatic heterocycles. The summed E-state index contributed by atoms with van der Waals surface area (Å²) >= 11 is 5.74. The summed E-state index contributed by atoms with van der Waals surface area (Å²) in [5, 5.41) is 11.3. The summed E-state index contributed by atoms with van der Waals surface area (Å²) < 4.78 is 5.46. The fourth-order valence-corrected chi connectivity index (χ4v) is 1.92. The highest BCUT2D eigenvalue weighted by Crippen LogP contribution is 2.25. The highest BCUT2D eigenvalue weighted by Gasteiger charge is 2.15. The molecule has 0 amide bonds. The highest BCUT2D eigenvalue weighted by molar-refractivity contribution is 6.30. The lowest BCUT2D eigenvalue weighted by Crippen LogP contribution is -2.03. The Hall–Kier alpha value is -2.47. The largest absolute Gasteiger partial charge is 0.486 e. The van der Waals surface area contributed by atoms with Gasteiger partial charge in [0.2, 0.25) is 0 Å². The van der Waals surface area contributed by atoms with Crippen LogP contribution >= 0.6 is 11.6 Å². The van der Waals surface area contributed by atoms with E-state index in [2.05, 4.69) is 4.98 Å². The molecule has 6 nitrogen and oxygen atoms in total. The molecule has 0 fully saturated rings. The summed E-state index contributed by atoms with van der Waals surface area (Å²) in [6.07, 6.45) is 0.582. The van der Waals surface area contributed by atoms with Crippen LogP contribution in [0, 0.1) is 17.0 Å². The van der Waals surface area contributed by atoms with Crippen LogP contribution in [0.1, 0.15) is 21.7 Å². The summed E-state index contributed by atoms with van der Waals surface area (Å²) in [6, 6.07) is 7.62. The van der Waals surface area contributed by atoms with Crippen LogP contribution in [0.3, 0.4) is 0 Å². The number of hydrogen-bond acceptors (Lipinski definition) is 5. The van der Waals surface area contributed by atoms with Crippen LogP contribution in [-0.2, 0) is 6.61 Å². The summed E-state index contributed by atoms with van der Waals surface area (Å²) in [5.74, 6) is 0.278. The number of carbonyl (C=O) groups excluding carboxylic acids is 1. The van der Waals surface area contributed by atoms with E-state index in [1.165, 1.54) is 12.1 Å². The van der Waals surface area contributed by atoms with Crippen LogP contribution in [0.25, 0.3) is 0 Å². The third-order valence-electron chi connectivity index (χ3n) is 2.76. The molecule has 1 aromatic carbocycles. The second-order valence-corrected chi connectivity index (χ2v) is 4.71. The molecular weight excluding hydrogens is 296 g/mol.